The van der Waals surface area contributed by atoms with Gasteiger partial charge in [-0.15, -0.1) is 0 Å². The number of carbonyl (C=O) groups is 2. The molecule has 8 heteroatoms. The molecule has 8 nitrogen and oxygen atoms in total. The fourth-order valence-electron chi connectivity index (χ4n) is 2.71. The zero-order valence-electron chi connectivity index (χ0n) is 13.2. The number of nitrogens with zero attached hydrogens (tertiary/aromatic N) is 4. The fourth-order valence-corrected chi connectivity index (χ4v) is 2.71. The minimum atomic E-state index is -0.517. The van der Waals surface area contributed by atoms with Gasteiger partial charge in [-0.1, -0.05) is 19.0 Å². The van der Waals surface area contributed by atoms with Gasteiger partial charge >= 0.3 is 0 Å². The number of aromatic nitrogens is 3. The quantitative estimate of drug-likeness (QED) is 0.898. The summed E-state index contributed by atoms with van der Waals surface area (Å²) in [6.45, 7) is 5.41. The lowest BCUT2D eigenvalue weighted by Gasteiger charge is -2.27. The summed E-state index contributed by atoms with van der Waals surface area (Å²) in [6.07, 6.45) is 2.21. The van der Waals surface area contributed by atoms with Gasteiger partial charge in [0.15, 0.2) is 0 Å². The molecule has 2 aromatic rings. The molecule has 1 aliphatic rings. The third-order valence-electron chi connectivity index (χ3n) is 3.79. The standard InChI is InChI=1S/C15H19N5O3/c1-9(2)5-10-6-12(23-18-10)15(22)19-3-4-20-11(14(16)21)7-17-13(20)8-19/h6-7,9H,3-5,8H2,1-2H3,(H2,16,21). The summed E-state index contributed by atoms with van der Waals surface area (Å²) in [5, 5.41) is 3.94. The summed E-state index contributed by atoms with van der Waals surface area (Å²) in [5.41, 5.74) is 6.45. The first-order chi connectivity index (χ1) is 11.0. The number of carbonyl (C=O) groups excluding carboxylic acids is 2. The zero-order valence-corrected chi connectivity index (χ0v) is 13.2. The van der Waals surface area contributed by atoms with Crippen molar-refractivity contribution in [3.05, 3.63) is 35.2 Å². The van der Waals surface area contributed by atoms with Crippen molar-refractivity contribution in [1.29, 1.82) is 0 Å². The van der Waals surface area contributed by atoms with E-state index >= 15 is 0 Å². The highest BCUT2D eigenvalue weighted by atomic mass is 16.5. The van der Waals surface area contributed by atoms with E-state index in [1.165, 1.54) is 6.20 Å². The van der Waals surface area contributed by atoms with E-state index in [2.05, 4.69) is 24.0 Å². The largest absolute Gasteiger partial charge is 0.364 e. The summed E-state index contributed by atoms with van der Waals surface area (Å²) in [7, 11) is 0. The molecule has 2 aromatic heterocycles. The Morgan fingerprint density at radius 3 is 2.87 bits per heavy atom. The summed E-state index contributed by atoms with van der Waals surface area (Å²) < 4.78 is 6.92. The molecule has 2 N–H and O–H groups in total. The van der Waals surface area contributed by atoms with Crippen LogP contribution in [0.5, 0.6) is 0 Å². The molecule has 0 spiro atoms. The molecule has 0 saturated carbocycles. The van der Waals surface area contributed by atoms with Crippen molar-refractivity contribution in [2.24, 2.45) is 11.7 Å². The number of amides is 2. The maximum atomic E-state index is 12.5. The molecule has 3 heterocycles. The van der Waals surface area contributed by atoms with Crippen LogP contribution >= 0.6 is 0 Å². The Morgan fingerprint density at radius 2 is 2.17 bits per heavy atom. The minimum absolute atomic E-state index is 0.220. The van der Waals surface area contributed by atoms with E-state index in [1.807, 2.05) is 0 Å². The van der Waals surface area contributed by atoms with Crippen LogP contribution in [0.25, 0.3) is 0 Å². The van der Waals surface area contributed by atoms with Crippen LogP contribution in [0.1, 0.15) is 46.4 Å². The van der Waals surface area contributed by atoms with Crippen molar-refractivity contribution in [3.8, 4) is 0 Å². The lowest BCUT2D eigenvalue weighted by atomic mass is 10.1. The molecule has 0 atom stereocenters. The second-order valence-electron chi connectivity index (χ2n) is 6.08. The lowest BCUT2D eigenvalue weighted by molar-refractivity contribution is 0.0664. The highest BCUT2D eigenvalue weighted by molar-refractivity contribution is 5.92. The SMILES string of the molecule is CC(C)Cc1cc(C(=O)N2CCn3c(C(N)=O)cnc3C2)on1. The van der Waals surface area contributed by atoms with Crippen LogP contribution in [0, 0.1) is 5.92 Å². The van der Waals surface area contributed by atoms with Crippen molar-refractivity contribution in [2.45, 2.75) is 33.4 Å². The van der Waals surface area contributed by atoms with Crippen LogP contribution in [0.4, 0.5) is 0 Å². The van der Waals surface area contributed by atoms with Gasteiger partial charge in [-0.3, -0.25) is 9.59 Å². The molecule has 0 radical (unpaired) electrons. The zero-order chi connectivity index (χ0) is 16.6. The van der Waals surface area contributed by atoms with E-state index in [4.69, 9.17) is 10.3 Å². The van der Waals surface area contributed by atoms with Crippen LogP contribution in [-0.2, 0) is 19.5 Å². The van der Waals surface area contributed by atoms with Crippen LogP contribution in [0.2, 0.25) is 0 Å². The van der Waals surface area contributed by atoms with E-state index in [-0.39, 0.29) is 11.7 Å². The third kappa shape index (κ3) is 2.96. The van der Waals surface area contributed by atoms with Crippen molar-refractivity contribution in [2.75, 3.05) is 6.54 Å². The average molecular weight is 317 g/mol. The van der Waals surface area contributed by atoms with Crippen LogP contribution in [0.3, 0.4) is 0 Å². The van der Waals surface area contributed by atoms with Crippen molar-refractivity contribution in [1.82, 2.24) is 19.6 Å². The van der Waals surface area contributed by atoms with Crippen LogP contribution < -0.4 is 5.73 Å². The highest BCUT2D eigenvalue weighted by Crippen LogP contribution is 2.18. The van der Waals surface area contributed by atoms with Gasteiger partial charge in [-0.2, -0.15) is 0 Å². The van der Waals surface area contributed by atoms with Gasteiger partial charge in [-0.25, -0.2) is 4.98 Å². The summed E-state index contributed by atoms with van der Waals surface area (Å²) >= 11 is 0. The molecule has 1 aliphatic heterocycles. The van der Waals surface area contributed by atoms with Gasteiger partial charge in [-0.05, 0) is 12.3 Å². The lowest BCUT2D eigenvalue weighted by Crippen LogP contribution is -2.39. The van der Waals surface area contributed by atoms with Crippen molar-refractivity contribution >= 4 is 11.8 Å². The predicted octanol–water partition coefficient (Wildman–Crippen LogP) is 0.824. The Balaban J connectivity index is 1.74. The number of primary amides is 1. The second kappa shape index (κ2) is 5.86. The van der Waals surface area contributed by atoms with Gasteiger partial charge in [0, 0.05) is 19.2 Å². The molecule has 122 valence electrons. The normalized spacial score (nSPS) is 14.1. The number of nitrogens with two attached hydrogens (primary N) is 1. The predicted molar refractivity (Wildman–Crippen MR) is 80.5 cm³/mol. The fraction of sp³-hybridized carbons (Fsp3) is 0.467. The number of imidazole rings is 1. The smallest absolute Gasteiger partial charge is 0.292 e. The first kappa shape index (κ1) is 15.3. The Hall–Kier alpha value is -2.64. The molecule has 0 aromatic carbocycles. The number of rotatable bonds is 4. The summed E-state index contributed by atoms with van der Waals surface area (Å²) in [4.78, 5) is 29.6. The molecular formula is C15H19N5O3. The van der Waals surface area contributed by atoms with E-state index < -0.39 is 5.91 Å². The molecule has 0 aliphatic carbocycles. The topological polar surface area (TPSA) is 107 Å². The molecule has 0 bridgehead atoms. The molecule has 2 amide bonds. The molecule has 23 heavy (non-hydrogen) atoms. The highest BCUT2D eigenvalue weighted by Gasteiger charge is 2.27. The number of hydrogen-bond acceptors (Lipinski definition) is 5. The van der Waals surface area contributed by atoms with Gasteiger partial charge in [0.05, 0.1) is 18.4 Å². The first-order valence-corrected chi connectivity index (χ1v) is 7.54. The first-order valence-electron chi connectivity index (χ1n) is 7.54. The Morgan fingerprint density at radius 1 is 1.39 bits per heavy atom. The monoisotopic (exact) mass is 317 g/mol. The molecule has 3 rings (SSSR count). The van der Waals surface area contributed by atoms with Gasteiger partial charge in [0.2, 0.25) is 5.76 Å². The number of hydrogen-bond donors (Lipinski definition) is 1. The van der Waals surface area contributed by atoms with E-state index in [0.717, 1.165) is 12.1 Å². The second-order valence-corrected chi connectivity index (χ2v) is 6.08. The Bertz CT molecular complexity index is 746. The maximum absolute atomic E-state index is 12.5. The van der Waals surface area contributed by atoms with Crippen LogP contribution in [-0.4, -0.2) is 38.0 Å². The summed E-state index contributed by atoms with van der Waals surface area (Å²) in [5.74, 6) is 0.577. The van der Waals surface area contributed by atoms with Crippen molar-refractivity contribution < 1.29 is 14.1 Å². The van der Waals surface area contributed by atoms with E-state index in [1.54, 1.807) is 15.5 Å². The van der Waals surface area contributed by atoms with Gasteiger partial charge in [0.1, 0.15) is 11.5 Å². The molecule has 0 unspecified atom stereocenters. The molecule has 0 fully saturated rings. The van der Waals surface area contributed by atoms with E-state index in [0.29, 0.717) is 37.1 Å². The average Bonchev–Trinajstić information content (AvgIpc) is 3.11. The third-order valence-corrected chi connectivity index (χ3v) is 3.79. The Labute approximate surface area is 133 Å². The maximum Gasteiger partial charge on any atom is 0.292 e. The van der Waals surface area contributed by atoms with Gasteiger partial charge < -0.3 is 19.7 Å². The molecular weight excluding hydrogens is 298 g/mol. The molecule has 0 saturated heterocycles. The van der Waals surface area contributed by atoms with Crippen molar-refractivity contribution in [3.63, 3.8) is 0 Å². The number of fused-ring (bicyclic) bond motifs is 1. The van der Waals surface area contributed by atoms with E-state index in [9.17, 15) is 9.59 Å². The van der Waals surface area contributed by atoms with Gasteiger partial charge in [0.25, 0.3) is 11.8 Å². The summed E-state index contributed by atoms with van der Waals surface area (Å²) in [6, 6.07) is 1.69. The Kier molecular flexibility index (Phi) is 3.89. The minimum Gasteiger partial charge on any atom is -0.364 e. The van der Waals surface area contributed by atoms with Crippen LogP contribution in [0.15, 0.2) is 16.8 Å².